The first kappa shape index (κ1) is 22.0. The van der Waals surface area contributed by atoms with E-state index in [9.17, 15) is 9.59 Å². The zero-order valence-corrected chi connectivity index (χ0v) is 19.6. The van der Waals surface area contributed by atoms with Crippen molar-refractivity contribution in [3.63, 3.8) is 0 Å². The van der Waals surface area contributed by atoms with E-state index in [-0.39, 0.29) is 11.8 Å². The van der Waals surface area contributed by atoms with E-state index in [1.165, 1.54) is 11.3 Å². The van der Waals surface area contributed by atoms with Crippen LogP contribution in [0.15, 0.2) is 66.4 Å². The predicted molar refractivity (Wildman–Crippen MR) is 130 cm³/mol. The van der Waals surface area contributed by atoms with Gasteiger partial charge in [-0.15, -0.1) is 11.3 Å². The van der Waals surface area contributed by atoms with E-state index in [0.717, 1.165) is 22.0 Å². The zero-order chi connectivity index (χ0) is 23.5. The summed E-state index contributed by atoms with van der Waals surface area (Å²) in [7, 11) is 0. The Labute approximate surface area is 201 Å². The van der Waals surface area contributed by atoms with Crippen LogP contribution in [0.4, 0.5) is 0 Å². The van der Waals surface area contributed by atoms with E-state index < -0.39 is 0 Å². The lowest BCUT2D eigenvalue weighted by Crippen LogP contribution is -2.51. The number of hydrogen-bond donors (Lipinski definition) is 0. The van der Waals surface area contributed by atoms with Crippen molar-refractivity contribution in [1.82, 2.24) is 29.5 Å². The molecule has 1 aliphatic rings. The predicted octanol–water partition coefficient (Wildman–Crippen LogP) is 3.23. The first-order valence-corrected chi connectivity index (χ1v) is 12.0. The van der Waals surface area contributed by atoms with E-state index in [1.54, 1.807) is 28.2 Å². The minimum Gasteiger partial charge on any atom is -0.339 e. The van der Waals surface area contributed by atoms with E-state index in [0.29, 0.717) is 43.9 Å². The summed E-state index contributed by atoms with van der Waals surface area (Å²) in [5.41, 5.74) is 3.71. The van der Waals surface area contributed by atoms with Crippen LogP contribution < -0.4 is 0 Å². The second-order valence-corrected chi connectivity index (χ2v) is 9.09. The Morgan fingerprint density at radius 1 is 1.00 bits per heavy atom. The standard InChI is InChI=1S/C25H24N6O2S/c1-18-17-34-22(27-18)14-23(32)29-10-12-30(13-11-29)25(33)21-16-31(20-7-3-2-4-8-20)28-24(21)19-6-5-9-26-15-19/h2-9,15-17H,10-14H2,1H3. The number of aryl methyl sites for hydroxylation is 1. The molecule has 0 bridgehead atoms. The Morgan fingerprint density at radius 2 is 1.76 bits per heavy atom. The van der Waals surface area contributed by atoms with Crippen LogP contribution in [-0.2, 0) is 11.2 Å². The highest BCUT2D eigenvalue weighted by molar-refractivity contribution is 7.09. The maximum absolute atomic E-state index is 13.5. The SMILES string of the molecule is Cc1csc(CC(=O)N2CCN(C(=O)c3cn(-c4ccccc4)nc3-c3cccnc3)CC2)n1. The molecule has 5 rings (SSSR count). The van der Waals surface area contributed by atoms with Crippen LogP contribution in [0.3, 0.4) is 0 Å². The van der Waals surface area contributed by atoms with Crippen molar-refractivity contribution in [2.24, 2.45) is 0 Å². The number of carbonyl (C=O) groups is 2. The fraction of sp³-hybridized carbons (Fsp3) is 0.240. The minimum atomic E-state index is -0.0938. The largest absolute Gasteiger partial charge is 0.339 e. The normalized spacial score (nSPS) is 13.8. The molecule has 1 saturated heterocycles. The van der Waals surface area contributed by atoms with Crippen LogP contribution in [0.2, 0.25) is 0 Å². The molecule has 172 valence electrons. The maximum Gasteiger partial charge on any atom is 0.257 e. The summed E-state index contributed by atoms with van der Waals surface area (Å²) in [6.45, 7) is 3.89. The summed E-state index contributed by atoms with van der Waals surface area (Å²) in [6, 6.07) is 13.4. The van der Waals surface area contributed by atoms with Gasteiger partial charge in [-0.05, 0) is 31.2 Å². The Balaban J connectivity index is 1.33. The molecule has 0 radical (unpaired) electrons. The summed E-state index contributed by atoms with van der Waals surface area (Å²) in [5.74, 6) is -0.0434. The van der Waals surface area contributed by atoms with Crippen LogP contribution in [0.1, 0.15) is 21.1 Å². The Hall–Kier alpha value is -3.85. The van der Waals surface area contributed by atoms with Crippen molar-refractivity contribution >= 4 is 23.2 Å². The zero-order valence-electron chi connectivity index (χ0n) is 18.8. The van der Waals surface area contributed by atoms with Gasteiger partial charge in [0.2, 0.25) is 5.91 Å². The van der Waals surface area contributed by atoms with Crippen LogP contribution in [0, 0.1) is 6.92 Å². The van der Waals surface area contributed by atoms with E-state index in [4.69, 9.17) is 5.10 Å². The number of aromatic nitrogens is 4. The molecule has 2 amide bonds. The van der Waals surface area contributed by atoms with Gasteiger partial charge in [-0.1, -0.05) is 18.2 Å². The molecule has 1 aromatic carbocycles. The molecular weight excluding hydrogens is 448 g/mol. The molecule has 0 saturated carbocycles. The number of thiazole rings is 1. The molecule has 0 spiro atoms. The highest BCUT2D eigenvalue weighted by atomic mass is 32.1. The number of para-hydroxylation sites is 1. The summed E-state index contributed by atoms with van der Waals surface area (Å²) in [5, 5.41) is 7.50. The van der Waals surface area contributed by atoms with E-state index in [2.05, 4.69) is 9.97 Å². The molecule has 34 heavy (non-hydrogen) atoms. The number of pyridine rings is 1. The topological polar surface area (TPSA) is 84.2 Å². The van der Waals surface area contributed by atoms with Gasteiger partial charge in [0.05, 0.1) is 17.7 Å². The highest BCUT2D eigenvalue weighted by Gasteiger charge is 2.28. The van der Waals surface area contributed by atoms with Crippen LogP contribution >= 0.6 is 11.3 Å². The van der Waals surface area contributed by atoms with Gasteiger partial charge in [-0.2, -0.15) is 5.10 Å². The first-order chi connectivity index (χ1) is 16.6. The number of benzene rings is 1. The number of carbonyl (C=O) groups excluding carboxylic acids is 2. The number of nitrogens with zero attached hydrogens (tertiary/aromatic N) is 6. The molecule has 9 heteroatoms. The summed E-state index contributed by atoms with van der Waals surface area (Å²) < 4.78 is 1.73. The lowest BCUT2D eigenvalue weighted by atomic mass is 10.1. The van der Waals surface area contributed by atoms with E-state index >= 15 is 0 Å². The molecule has 8 nitrogen and oxygen atoms in total. The number of piperazine rings is 1. The maximum atomic E-state index is 13.5. The van der Waals surface area contributed by atoms with Crippen LogP contribution in [0.25, 0.3) is 16.9 Å². The van der Waals surface area contributed by atoms with E-state index in [1.807, 2.05) is 59.7 Å². The third-order valence-electron chi connectivity index (χ3n) is 5.79. The van der Waals surface area contributed by atoms with Gasteiger partial charge >= 0.3 is 0 Å². The number of hydrogen-bond acceptors (Lipinski definition) is 6. The summed E-state index contributed by atoms with van der Waals surface area (Å²) >= 11 is 1.51. The molecule has 4 aromatic rings. The van der Waals surface area contributed by atoms with Crippen molar-refractivity contribution in [3.8, 4) is 16.9 Å². The molecule has 0 atom stereocenters. The molecule has 3 aromatic heterocycles. The number of rotatable bonds is 5. The van der Waals surface area contributed by atoms with Crippen LogP contribution in [0.5, 0.6) is 0 Å². The molecule has 0 aliphatic carbocycles. The van der Waals surface area contributed by atoms with Crippen molar-refractivity contribution < 1.29 is 9.59 Å². The van der Waals surface area contributed by atoms with Crippen molar-refractivity contribution in [2.75, 3.05) is 26.2 Å². The van der Waals surface area contributed by atoms with Gasteiger partial charge < -0.3 is 9.80 Å². The fourth-order valence-corrected chi connectivity index (χ4v) is 4.78. The second kappa shape index (κ2) is 9.56. The average Bonchev–Trinajstić information content (AvgIpc) is 3.51. The smallest absolute Gasteiger partial charge is 0.257 e. The van der Waals surface area contributed by atoms with Gasteiger partial charge in [0, 0.05) is 61.4 Å². The van der Waals surface area contributed by atoms with Gasteiger partial charge in [-0.25, -0.2) is 9.67 Å². The van der Waals surface area contributed by atoms with Gasteiger partial charge in [0.15, 0.2) is 0 Å². The lowest BCUT2D eigenvalue weighted by molar-refractivity contribution is -0.131. The second-order valence-electron chi connectivity index (χ2n) is 8.15. The molecule has 0 unspecified atom stereocenters. The monoisotopic (exact) mass is 472 g/mol. The lowest BCUT2D eigenvalue weighted by Gasteiger charge is -2.34. The van der Waals surface area contributed by atoms with Gasteiger partial charge in [0.25, 0.3) is 5.91 Å². The van der Waals surface area contributed by atoms with Crippen molar-refractivity contribution in [1.29, 1.82) is 0 Å². The third-order valence-corrected chi connectivity index (χ3v) is 6.76. The molecular formula is C25H24N6O2S. The minimum absolute atomic E-state index is 0.0504. The van der Waals surface area contributed by atoms with Crippen molar-refractivity contribution in [3.05, 3.63) is 82.7 Å². The Kier molecular flexibility index (Phi) is 6.18. The molecule has 4 heterocycles. The van der Waals surface area contributed by atoms with Gasteiger partial charge in [0.1, 0.15) is 10.7 Å². The quantitative estimate of drug-likeness (QED) is 0.445. The highest BCUT2D eigenvalue weighted by Crippen LogP contribution is 2.25. The fourth-order valence-electron chi connectivity index (χ4n) is 4.01. The first-order valence-electron chi connectivity index (χ1n) is 11.1. The third kappa shape index (κ3) is 4.60. The van der Waals surface area contributed by atoms with Gasteiger partial charge in [-0.3, -0.25) is 14.6 Å². The average molecular weight is 473 g/mol. The molecule has 1 aliphatic heterocycles. The Bertz CT molecular complexity index is 1290. The summed E-state index contributed by atoms with van der Waals surface area (Å²) in [6.07, 6.45) is 5.50. The van der Waals surface area contributed by atoms with Crippen LogP contribution in [-0.4, -0.2) is 67.5 Å². The molecule has 0 N–H and O–H groups in total. The van der Waals surface area contributed by atoms with Crippen molar-refractivity contribution in [2.45, 2.75) is 13.3 Å². The summed E-state index contributed by atoms with van der Waals surface area (Å²) in [4.78, 5) is 38.4. The number of amides is 2. The Morgan fingerprint density at radius 3 is 2.44 bits per heavy atom. The molecule has 1 fully saturated rings.